The molecule has 0 saturated carbocycles. The summed E-state index contributed by atoms with van der Waals surface area (Å²) in [6.45, 7) is 5.07. The first-order chi connectivity index (χ1) is 14.5. The van der Waals surface area contributed by atoms with E-state index in [2.05, 4.69) is 58.0 Å². The maximum Gasteiger partial charge on any atom is 0.322 e. The quantitative estimate of drug-likeness (QED) is 0.421. The molecule has 2 amide bonds. The number of rotatable bonds is 2. The fourth-order valence-electron chi connectivity index (χ4n) is 4.88. The molecular weight excluding hydrogens is 458 g/mol. The maximum atomic E-state index is 13.6. The number of aromatic nitrogens is 1. The van der Waals surface area contributed by atoms with E-state index in [4.69, 9.17) is 0 Å². The molecule has 0 fully saturated rings. The molecule has 2 aromatic heterocycles. The first kappa shape index (κ1) is 19.9. The second kappa shape index (κ2) is 7.89. The van der Waals surface area contributed by atoms with Crippen molar-refractivity contribution < 1.29 is 4.79 Å². The lowest BCUT2D eigenvalue weighted by molar-refractivity contribution is 0.161. The highest BCUT2D eigenvalue weighted by molar-refractivity contribution is 9.10. The molecule has 1 aliphatic carbocycles. The zero-order valence-corrected chi connectivity index (χ0v) is 19.7. The number of amides is 2. The maximum absolute atomic E-state index is 13.6. The number of benzene rings is 1. The molecule has 0 radical (unpaired) electrons. The minimum atomic E-state index is -0.0387. The van der Waals surface area contributed by atoms with Crippen LogP contribution in [-0.2, 0) is 19.4 Å². The Hall–Kier alpha value is -2.05. The number of hydrogen-bond donors (Lipinski definition) is 1. The zero-order valence-electron chi connectivity index (χ0n) is 17.3. The van der Waals surface area contributed by atoms with E-state index in [0.717, 1.165) is 16.6 Å². The van der Waals surface area contributed by atoms with Crippen molar-refractivity contribution >= 4 is 39.0 Å². The lowest BCUT2D eigenvalue weighted by Gasteiger charge is -2.33. The number of aryl methyl sites for hydroxylation is 1. The molecule has 1 aliphatic heterocycles. The molecular formula is C24H26BrN3OS. The lowest BCUT2D eigenvalue weighted by atomic mass is 9.94. The Morgan fingerprint density at radius 1 is 1.17 bits per heavy atom. The van der Waals surface area contributed by atoms with E-state index in [1.54, 1.807) is 0 Å². The molecule has 0 spiro atoms. The van der Waals surface area contributed by atoms with Crippen LogP contribution in [0.3, 0.4) is 0 Å². The summed E-state index contributed by atoms with van der Waals surface area (Å²) in [4.78, 5) is 17.1. The summed E-state index contributed by atoms with van der Waals surface area (Å²) < 4.78 is 3.30. The summed E-state index contributed by atoms with van der Waals surface area (Å²) in [5, 5.41) is 4.45. The van der Waals surface area contributed by atoms with Crippen molar-refractivity contribution in [2.24, 2.45) is 5.92 Å². The van der Waals surface area contributed by atoms with Gasteiger partial charge in [-0.25, -0.2) is 4.79 Å². The molecule has 3 heterocycles. The average molecular weight is 484 g/mol. The van der Waals surface area contributed by atoms with Gasteiger partial charge in [-0.1, -0.05) is 35.8 Å². The van der Waals surface area contributed by atoms with Crippen LogP contribution in [0.2, 0.25) is 0 Å². The van der Waals surface area contributed by atoms with Crippen molar-refractivity contribution in [1.29, 1.82) is 0 Å². The first-order valence-electron chi connectivity index (χ1n) is 10.7. The number of urea groups is 1. The van der Waals surface area contributed by atoms with Gasteiger partial charge in [0.05, 0.1) is 12.6 Å². The van der Waals surface area contributed by atoms with Gasteiger partial charge in [0.15, 0.2) is 0 Å². The van der Waals surface area contributed by atoms with Gasteiger partial charge in [0.2, 0.25) is 0 Å². The van der Waals surface area contributed by atoms with Crippen molar-refractivity contribution in [3.05, 3.63) is 68.8 Å². The van der Waals surface area contributed by atoms with Crippen LogP contribution in [0.4, 0.5) is 10.5 Å². The van der Waals surface area contributed by atoms with Crippen LogP contribution in [-0.4, -0.2) is 15.5 Å². The second-order valence-electron chi connectivity index (χ2n) is 8.55. The third-order valence-electron chi connectivity index (χ3n) is 6.19. The largest absolute Gasteiger partial charge is 0.322 e. The summed E-state index contributed by atoms with van der Waals surface area (Å²) in [7, 11) is 0. The Bertz CT molecular complexity index is 1100. The minimum Gasteiger partial charge on any atom is -0.311 e. The molecule has 0 bridgehead atoms. The summed E-state index contributed by atoms with van der Waals surface area (Å²) in [5.41, 5.74) is 4.85. The normalized spacial score (nSPS) is 17.9. The van der Waals surface area contributed by atoms with E-state index in [1.807, 2.05) is 40.5 Å². The Morgan fingerprint density at radius 2 is 2.00 bits per heavy atom. The minimum absolute atomic E-state index is 0.0194. The summed E-state index contributed by atoms with van der Waals surface area (Å²) >= 11 is 5.43. The van der Waals surface area contributed by atoms with E-state index >= 15 is 0 Å². The van der Waals surface area contributed by atoms with Gasteiger partial charge in [-0.15, -0.1) is 11.3 Å². The van der Waals surface area contributed by atoms with E-state index in [9.17, 15) is 4.79 Å². The van der Waals surface area contributed by atoms with Gasteiger partial charge in [0.1, 0.15) is 5.00 Å². The molecule has 0 saturated heterocycles. The fraction of sp³-hybridized carbons (Fsp3) is 0.375. The first-order valence-corrected chi connectivity index (χ1v) is 12.3. The standard InChI is InChI=1S/C24H26BrN3OS/c1-15(2)22-20-10-6-12-27(20)23-19(18-9-3-4-11-21(18)30-23)14-28(22)24(29)26-17-8-5-7-16(25)13-17/h5-8,10,12-13,15,22H,3-4,9,11,14H2,1-2H3,(H,26,29)/t22-/m1/s1. The Morgan fingerprint density at radius 3 is 2.80 bits per heavy atom. The number of carbonyl (C=O) groups excluding carboxylic acids is 1. The molecule has 156 valence electrons. The summed E-state index contributed by atoms with van der Waals surface area (Å²) in [5.74, 6) is 0.303. The van der Waals surface area contributed by atoms with Gasteiger partial charge < -0.3 is 14.8 Å². The highest BCUT2D eigenvalue weighted by Gasteiger charge is 2.36. The van der Waals surface area contributed by atoms with Crippen LogP contribution in [0.5, 0.6) is 0 Å². The number of anilines is 1. The van der Waals surface area contributed by atoms with Crippen LogP contribution < -0.4 is 5.32 Å². The molecule has 6 heteroatoms. The van der Waals surface area contributed by atoms with Crippen molar-refractivity contribution in [3.8, 4) is 5.00 Å². The van der Waals surface area contributed by atoms with Crippen molar-refractivity contribution in [1.82, 2.24) is 9.47 Å². The fourth-order valence-corrected chi connectivity index (χ4v) is 6.69. The van der Waals surface area contributed by atoms with Crippen molar-refractivity contribution in [2.75, 3.05) is 5.32 Å². The Kier molecular flexibility index (Phi) is 5.23. The number of nitrogens with one attached hydrogen (secondary N) is 1. The van der Waals surface area contributed by atoms with Gasteiger partial charge in [-0.05, 0) is 67.5 Å². The SMILES string of the molecule is CC(C)[C@@H]1c2cccn2-c2sc3c(c2CN1C(=O)Nc1cccc(Br)c1)CCCC3. The predicted molar refractivity (Wildman–Crippen MR) is 127 cm³/mol. The average Bonchev–Trinajstić information content (AvgIpc) is 3.29. The number of hydrogen-bond acceptors (Lipinski definition) is 2. The molecule has 1 atom stereocenters. The van der Waals surface area contributed by atoms with Gasteiger partial charge >= 0.3 is 6.03 Å². The smallest absolute Gasteiger partial charge is 0.311 e. The molecule has 2 aliphatic rings. The molecule has 30 heavy (non-hydrogen) atoms. The highest BCUT2D eigenvalue weighted by atomic mass is 79.9. The third kappa shape index (κ3) is 3.40. The van der Waals surface area contributed by atoms with Crippen LogP contribution in [0.15, 0.2) is 47.1 Å². The van der Waals surface area contributed by atoms with Crippen LogP contribution in [0, 0.1) is 5.92 Å². The summed E-state index contributed by atoms with van der Waals surface area (Å²) in [6.07, 6.45) is 6.98. The Balaban J connectivity index is 1.59. The number of fused-ring (bicyclic) bond motifs is 5. The zero-order chi connectivity index (χ0) is 20.8. The van der Waals surface area contributed by atoms with E-state index in [0.29, 0.717) is 12.5 Å². The van der Waals surface area contributed by atoms with E-state index in [-0.39, 0.29) is 12.1 Å². The van der Waals surface area contributed by atoms with E-state index in [1.165, 1.54) is 46.0 Å². The molecule has 0 unspecified atom stereocenters. The van der Waals surface area contributed by atoms with Crippen LogP contribution in [0.25, 0.3) is 5.00 Å². The molecule has 5 rings (SSSR count). The number of nitrogens with zero attached hydrogens (tertiary/aromatic N) is 2. The number of carbonyl (C=O) groups is 1. The Labute approximate surface area is 190 Å². The van der Waals surface area contributed by atoms with Crippen molar-refractivity contribution in [2.45, 2.75) is 52.1 Å². The molecule has 4 nitrogen and oxygen atoms in total. The lowest BCUT2D eigenvalue weighted by Crippen LogP contribution is -2.39. The van der Waals surface area contributed by atoms with Crippen LogP contribution >= 0.6 is 27.3 Å². The predicted octanol–water partition coefficient (Wildman–Crippen LogP) is 6.92. The van der Waals surface area contributed by atoms with Gasteiger partial charge in [0.25, 0.3) is 0 Å². The molecule has 3 aromatic rings. The number of halogens is 1. The third-order valence-corrected chi connectivity index (χ3v) is 8.02. The molecule has 1 aromatic carbocycles. The monoisotopic (exact) mass is 483 g/mol. The van der Waals surface area contributed by atoms with E-state index < -0.39 is 0 Å². The topological polar surface area (TPSA) is 37.3 Å². The van der Waals surface area contributed by atoms with Gasteiger partial charge in [-0.3, -0.25) is 0 Å². The van der Waals surface area contributed by atoms with Gasteiger partial charge in [-0.2, -0.15) is 0 Å². The number of thiophene rings is 1. The van der Waals surface area contributed by atoms with Gasteiger partial charge in [0, 0.05) is 32.5 Å². The van der Waals surface area contributed by atoms with Crippen LogP contribution in [0.1, 0.15) is 54.4 Å². The van der Waals surface area contributed by atoms with Crippen molar-refractivity contribution in [3.63, 3.8) is 0 Å². The summed E-state index contributed by atoms with van der Waals surface area (Å²) in [6, 6.07) is 12.1. The second-order valence-corrected chi connectivity index (χ2v) is 10.6. The molecule has 1 N–H and O–H groups in total. The highest BCUT2D eigenvalue weighted by Crippen LogP contribution is 2.44.